The molecule has 9 heteroatoms. The fourth-order valence-corrected chi connectivity index (χ4v) is 4.85. The minimum Gasteiger partial charge on any atom is -0.510 e. The van der Waals surface area contributed by atoms with Crippen LogP contribution in [-0.2, 0) is 0 Å². The van der Waals surface area contributed by atoms with Crippen LogP contribution >= 0.6 is 34.9 Å². The Hall–Kier alpha value is -2.02. The molecule has 0 bridgehead atoms. The number of nitrogens with one attached hydrogen (secondary N) is 1. The molecule has 0 amide bonds. The Morgan fingerprint density at radius 3 is 2.76 bits per heavy atom. The molecule has 2 heterocycles. The van der Waals surface area contributed by atoms with E-state index in [0.29, 0.717) is 5.82 Å². The van der Waals surface area contributed by atoms with Crippen molar-refractivity contribution in [1.82, 2.24) is 20.2 Å². The topological polar surface area (TPSA) is 98.5 Å². The Morgan fingerprint density at radius 1 is 1.28 bits per heavy atom. The number of thioether (sulfide) groups is 2. The number of hydrogen-bond acceptors (Lipinski definition) is 8. The molecule has 0 unspecified atom stereocenters. The standard InChI is InChI=1S/C16H15N5OS3/c1-2-7-23-15-20-21-16(25-15)24-9-13(22)10(8-17)14-18-11-5-3-4-6-12(11)19-14/h3-6,22H,2,7,9H2,1H3,(H,18,19)/b13-10-. The summed E-state index contributed by atoms with van der Waals surface area (Å²) in [4.78, 5) is 7.43. The normalized spacial score (nSPS) is 12.2. The van der Waals surface area contributed by atoms with Crippen molar-refractivity contribution in [2.75, 3.05) is 11.5 Å². The molecule has 2 N–H and O–H groups in total. The lowest BCUT2D eigenvalue weighted by Crippen LogP contribution is -1.95. The number of para-hydroxylation sites is 2. The second-order valence-electron chi connectivity index (χ2n) is 5.01. The molecule has 0 fully saturated rings. The third-order valence-electron chi connectivity index (χ3n) is 3.18. The number of imidazole rings is 1. The zero-order chi connectivity index (χ0) is 17.6. The Kier molecular flexibility index (Phi) is 5.96. The van der Waals surface area contributed by atoms with Gasteiger partial charge >= 0.3 is 0 Å². The van der Waals surface area contributed by atoms with Gasteiger partial charge in [-0.2, -0.15) is 5.26 Å². The van der Waals surface area contributed by atoms with Crippen molar-refractivity contribution >= 4 is 51.5 Å². The van der Waals surface area contributed by atoms with Gasteiger partial charge in [0.05, 0.1) is 16.8 Å². The van der Waals surface area contributed by atoms with Crippen molar-refractivity contribution in [3.63, 3.8) is 0 Å². The second kappa shape index (κ2) is 8.38. The van der Waals surface area contributed by atoms with Crippen LogP contribution in [0.3, 0.4) is 0 Å². The Balaban J connectivity index is 1.73. The summed E-state index contributed by atoms with van der Waals surface area (Å²) in [5.41, 5.74) is 1.73. The first-order valence-electron chi connectivity index (χ1n) is 7.57. The summed E-state index contributed by atoms with van der Waals surface area (Å²) >= 11 is 4.53. The third kappa shape index (κ3) is 4.34. The number of nitriles is 1. The van der Waals surface area contributed by atoms with Gasteiger partial charge in [0.2, 0.25) is 0 Å². The van der Waals surface area contributed by atoms with Gasteiger partial charge in [0, 0.05) is 5.75 Å². The largest absolute Gasteiger partial charge is 0.510 e. The first-order chi connectivity index (χ1) is 12.2. The number of aromatic amines is 1. The summed E-state index contributed by atoms with van der Waals surface area (Å²) in [6, 6.07) is 9.53. The van der Waals surface area contributed by atoms with Gasteiger partial charge in [-0.3, -0.25) is 0 Å². The van der Waals surface area contributed by atoms with E-state index in [1.54, 1.807) is 11.8 Å². The van der Waals surface area contributed by atoms with E-state index in [4.69, 9.17) is 0 Å². The van der Waals surface area contributed by atoms with Gasteiger partial charge in [0.1, 0.15) is 17.4 Å². The minimum absolute atomic E-state index is 0.0236. The zero-order valence-corrected chi connectivity index (χ0v) is 15.8. The van der Waals surface area contributed by atoms with Gasteiger partial charge in [-0.05, 0) is 18.6 Å². The van der Waals surface area contributed by atoms with Crippen molar-refractivity contribution in [1.29, 1.82) is 5.26 Å². The van der Waals surface area contributed by atoms with Crippen molar-refractivity contribution in [3.05, 3.63) is 35.8 Å². The van der Waals surface area contributed by atoms with Gasteiger partial charge in [0.25, 0.3) is 0 Å². The fourth-order valence-electron chi connectivity index (χ4n) is 2.03. The first kappa shape index (κ1) is 17.8. The van der Waals surface area contributed by atoms with Crippen molar-refractivity contribution in [3.8, 4) is 6.07 Å². The number of rotatable bonds is 7. The van der Waals surface area contributed by atoms with Gasteiger partial charge in [-0.1, -0.05) is 53.9 Å². The van der Waals surface area contributed by atoms with E-state index in [0.717, 1.165) is 31.9 Å². The average molecular weight is 390 g/mol. The molecule has 6 nitrogen and oxygen atoms in total. The number of aromatic nitrogens is 4. The maximum absolute atomic E-state index is 10.3. The predicted molar refractivity (Wildman–Crippen MR) is 103 cm³/mol. The third-order valence-corrected chi connectivity index (χ3v) is 6.58. The van der Waals surface area contributed by atoms with Gasteiger partial charge in [-0.15, -0.1) is 10.2 Å². The zero-order valence-electron chi connectivity index (χ0n) is 13.4. The number of fused-ring (bicyclic) bond motifs is 1. The molecular weight excluding hydrogens is 374 g/mol. The molecule has 3 rings (SSSR count). The van der Waals surface area contributed by atoms with Gasteiger partial charge in [-0.25, -0.2) is 4.98 Å². The summed E-state index contributed by atoms with van der Waals surface area (Å²) in [5, 5.41) is 27.9. The lowest BCUT2D eigenvalue weighted by Gasteiger charge is -2.00. The SMILES string of the molecule is CCCSc1nnc(SC/C(O)=C(\C#N)c2nc3ccccc3[nH]2)s1. The molecule has 3 aromatic rings. The summed E-state index contributed by atoms with van der Waals surface area (Å²) in [7, 11) is 0. The van der Waals surface area contributed by atoms with E-state index in [2.05, 4.69) is 27.1 Å². The van der Waals surface area contributed by atoms with Crippen LogP contribution in [0, 0.1) is 11.3 Å². The van der Waals surface area contributed by atoms with Crippen LogP contribution in [0.25, 0.3) is 16.6 Å². The van der Waals surface area contributed by atoms with Gasteiger partial charge in [0.15, 0.2) is 14.5 Å². The smallest absolute Gasteiger partial charge is 0.175 e. The molecular formula is C16H15N5OS3. The van der Waals surface area contributed by atoms with Crippen LogP contribution in [0.2, 0.25) is 0 Å². The molecule has 0 spiro atoms. The molecule has 0 saturated heterocycles. The van der Waals surface area contributed by atoms with E-state index < -0.39 is 0 Å². The van der Waals surface area contributed by atoms with Crippen molar-refractivity contribution < 1.29 is 5.11 Å². The molecule has 128 valence electrons. The lowest BCUT2D eigenvalue weighted by molar-refractivity contribution is 0.420. The fraction of sp³-hybridized carbons (Fsp3) is 0.250. The quantitative estimate of drug-likeness (QED) is 0.349. The van der Waals surface area contributed by atoms with Crippen LogP contribution in [0.4, 0.5) is 0 Å². The van der Waals surface area contributed by atoms with Crippen LogP contribution in [-0.4, -0.2) is 36.8 Å². The summed E-state index contributed by atoms with van der Waals surface area (Å²) in [5.74, 6) is 1.60. The number of H-pyrrole nitrogens is 1. The molecule has 2 aromatic heterocycles. The predicted octanol–water partition coefficient (Wildman–Crippen LogP) is 4.50. The van der Waals surface area contributed by atoms with E-state index in [-0.39, 0.29) is 17.1 Å². The van der Waals surface area contributed by atoms with E-state index >= 15 is 0 Å². The van der Waals surface area contributed by atoms with Gasteiger partial charge < -0.3 is 10.1 Å². The maximum Gasteiger partial charge on any atom is 0.175 e. The molecule has 0 aliphatic carbocycles. The molecule has 0 aliphatic rings. The lowest BCUT2D eigenvalue weighted by atomic mass is 10.2. The highest BCUT2D eigenvalue weighted by Gasteiger charge is 2.14. The number of hydrogen-bond donors (Lipinski definition) is 2. The van der Waals surface area contributed by atoms with Crippen LogP contribution in [0.1, 0.15) is 19.2 Å². The summed E-state index contributed by atoms with van der Waals surface area (Å²) in [6.45, 7) is 2.12. The summed E-state index contributed by atoms with van der Waals surface area (Å²) in [6.07, 6.45) is 1.08. The first-order valence-corrected chi connectivity index (χ1v) is 10.4. The van der Waals surface area contributed by atoms with E-state index in [1.165, 1.54) is 23.1 Å². The summed E-state index contributed by atoms with van der Waals surface area (Å²) < 4.78 is 1.69. The second-order valence-corrected chi connectivity index (χ2v) is 8.55. The molecule has 0 atom stereocenters. The molecule has 25 heavy (non-hydrogen) atoms. The highest BCUT2D eigenvalue weighted by Crippen LogP contribution is 2.30. The Morgan fingerprint density at radius 2 is 2.04 bits per heavy atom. The minimum atomic E-state index is -0.0236. The average Bonchev–Trinajstić information content (AvgIpc) is 3.25. The number of allylic oxidation sites excluding steroid dienone is 1. The van der Waals surface area contributed by atoms with Crippen LogP contribution in [0.5, 0.6) is 0 Å². The number of aliphatic hydroxyl groups is 1. The van der Waals surface area contributed by atoms with Crippen LogP contribution < -0.4 is 0 Å². The molecule has 0 radical (unpaired) electrons. The number of nitrogens with zero attached hydrogens (tertiary/aromatic N) is 4. The Labute approximate surface area is 157 Å². The molecule has 0 saturated carbocycles. The van der Waals surface area contributed by atoms with Crippen LogP contribution in [0.15, 0.2) is 38.7 Å². The molecule has 0 aliphatic heterocycles. The highest BCUT2D eigenvalue weighted by atomic mass is 32.2. The van der Waals surface area contributed by atoms with E-state index in [1.807, 2.05) is 30.3 Å². The van der Waals surface area contributed by atoms with Crippen molar-refractivity contribution in [2.45, 2.75) is 22.0 Å². The number of aliphatic hydroxyl groups excluding tert-OH is 1. The Bertz CT molecular complexity index is 908. The molecule has 1 aromatic carbocycles. The number of benzene rings is 1. The highest BCUT2D eigenvalue weighted by molar-refractivity contribution is 8.03. The van der Waals surface area contributed by atoms with E-state index in [9.17, 15) is 10.4 Å². The monoisotopic (exact) mass is 389 g/mol. The van der Waals surface area contributed by atoms with Crippen molar-refractivity contribution in [2.24, 2.45) is 0 Å². The maximum atomic E-state index is 10.3.